The van der Waals surface area contributed by atoms with E-state index in [0.717, 1.165) is 10.6 Å². The molecule has 0 spiro atoms. The number of fused-ring (bicyclic) bond motifs is 1. The minimum atomic E-state index is -1.34. The van der Waals surface area contributed by atoms with Crippen LogP contribution < -0.4 is 5.56 Å². The van der Waals surface area contributed by atoms with E-state index >= 15 is 0 Å². The number of pyridine rings is 1. The Morgan fingerprint density at radius 1 is 1.40 bits per heavy atom. The highest BCUT2D eigenvalue weighted by atomic mass is 32.1. The number of nitrogens with zero attached hydrogens (tertiary/aromatic N) is 2. The Morgan fingerprint density at radius 3 is 2.85 bits per heavy atom. The van der Waals surface area contributed by atoms with Crippen molar-refractivity contribution in [2.45, 2.75) is 0 Å². The summed E-state index contributed by atoms with van der Waals surface area (Å²) in [7, 11) is 0. The normalized spacial score (nSPS) is 13.4. The molecule has 0 amide bonds. The largest absolute Gasteiger partial charge is 0.477 e. The van der Waals surface area contributed by atoms with Crippen molar-refractivity contribution in [2.24, 2.45) is 0 Å². The Bertz CT molecular complexity index is 938. The Kier molecular flexibility index (Phi) is 2.73. The van der Waals surface area contributed by atoms with E-state index in [2.05, 4.69) is 16.4 Å². The molecular formula is C13H5FN2O3S. The molecule has 1 aliphatic carbocycles. The lowest BCUT2D eigenvalue weighted by Crippen LogP contribution is -2.25. The van der Waals surface area contributed by atoms with E-state index in [1.54, 1.807) is 0 Å². The second kappa shape index (κ2) is 4.43. The molecule has 0 atom stereocenters. The van der Waals surface area contributed by atoms with Gasteiger partial charge in [-0.1, -0.05) is 0 Å². The molecule has 5 nitrogen and oxygen atoms in total. The molecule has 1 aliphatic rings. The average Bonchev–Trinajstić information content (AvgIpc) is 2.87. The summed E-state index contributed by atoms with van der Waals surface area (Å²) in [5, 5.41) is 9.06. The fraction of sp³-hybridized carbons (Fsp3) is 0. The summed E-state index contributed by atoms with van der Waals surface area (Å²) in [5.74, 6) is -1.96. The van der Waals surface area contributed by atoms with E-state index in [1.165, 1.54) is 29.0 Å². The number of hydrogen-bond donors (Lipinski definition) is 1. The van der Waals surface area contributed by atoms with Gasteiger partial charge in [0.15, 0.2) is 5.83 Å². The zero-order valence-electron chi connectivity index (χ0n) is 9.75. The van der Waals surface area contributed by atoms with E-state index in [-0.39, 0.29) is 5.70 Å². The smallest absolute Gasteiger partial charge is 0.341 e. The number of aromatic nitrogens is 2. The number of hydrogen-bond acceptors (Lipinski definition) is 4. The van der Waals surface area contributed by atoms with Crippen molar-refractivity contribution in [3.8, 4) is 0 Å². The minimum Gasteiger partial charge on any atom is -0.477 e. The number of carbonyl (C=O) groups is 1. The first-order chi connectivity index (χ1) is 9.58. The molecule has 0 aromatic carbocycles. The summed E-state index contributed by atoms with van der Waals surface area (Å²) in [4.78, 5) is 27.8. The molecule has 0 aliphatic heterocycles. The minimum absolute atomic E-state index is 0.216. The topological polar surface area (TPSA) is 72.2 Å². The predicted octanol–water partition coefficient (Wildman–Crippen LogP) is 2.17. The highest BCUT2D eigenvalue weighted by Crippen LogP contribution is 2.21. The van der Waals surface area contributed by atoms with Gasteiger partial charge in [-0.25, -0.2) is 9.78 Å². The molecule has 7 heteroatoms. The van der Waals surface area contributed by atoms with Gasteiger partial charge in [0.1, 0.15) is 16.1 Å². The molecular weight excluding hydrogens is 283 g/mol. The third kappa shape index (κ3) is 1.83. The molecule has 0 unspecified atom stereocenters. The summed E-state index contributed by atoms with van der Waals surface area (Å²) < 4.78 is 14.0. The number of allylic oxidation sites excluding steroid dienone is 4. The van der Waals surface area contributed by atoms with E-state index in [9.17, 15) is 14.0 Å². The van der Waals surface area contributed by atoms with Crippen molar-refractivity contribution in [2.75, 3.05) is 0 Å². The lowest BCUT2D eigenvalue weighted by atomic mass is 10.2. The lowest BCUT2D eigenvalue weighted by molar-refractivity contribution is 0.0695. The van der Waals surface area contributed by atoms with Crippen LogP contribution in [0.15, 0.2) is 45.8 Å². The summed E-state index contributed by atoms with van der Waals surface area (Å²) in [5.41, 5.74) is 5.68. The fourth-order valence-electron chi connectivity index (χ4n) is 1.79. The van der Waals surface area contributed by atoms with Crippen LogP contribution in [-0.4, -0.2) is 20.6 Å². The lowest BCUT2D eigenvalue weighted by Gasteiger charge is -2.07. The Morgan fingerprint density at radius 2 is 2.20 bits per heavy atom. The van der Waals surface area contributed by atoms with Crippen LogP contribution in [0.1, 0.15) is 10.4 Å². The summed E-state index contributed by atoms with van der Waals surface area (Å²) >= 11 is 1.18. The van der Waals surface area contributed by atoms with Crippen LogP contribution in [-0.2, 0) is 0 Å². The van der Waals surface area contributed by atoms with E-state index < -0.39 is 22.9 Å². The molecule has 2 heterocycles. The van der Waals surface area contributed by atoms with Gasteiger partial charge in [0.05, 0.1) is 11.0 Å². The highest BCUT2D eigenvalue weighted by molar-refractivity contribution is 7.16. The first-order valence-electron chi connectivity index (χ1n) is 5.40. The van der Waals surface area contributed by atoms with Gasteiger partial charge >= 0.3 is 5.97 Å². The molecule has 0 radical (unpaired) electrons. The van der Waals surface area contributed by atoms with Crippen molar-refractivity contribution in [3.63, 3.8) is 0 Å². The second-order valence-corrected chi connectivity index (χ2v) is 4.70. The molecule has 3 rings (SSSR count). The van der Waals surface area contributed by atoms with Gasteiger partial charge in [0.2, 0.25) is 0 Å². The van der Waals surface area contributed by atoms with Gasteiger partial charge in [-0.05, 0) is 29.7 Å². The van der Waals surface area contributed by atoms with Gasteiger partial charge in [-0.2, -0.15) is 4.39 Å². The third-order valence-electron chi connectivity index (χ3n) is 2.66. The Balaban J connectivity index is 2.47. The van der Waals surface area contributed by atoms with Crippen LogP contribution in [0.2, 0.25) is 0 Å². The van der Waals surface area contributed by atoms with Crippen molar-refractivity contribution >= 4 is 33.4 Å². The first-order valence-corrected chi connectivity index (χ1v) is 6.28. The first kappa shape index (κ1) is 12.3. The van der Waals surface area contributed by atoms with Crippen molar-refractivity contribution in [3.05, 3.63) is 56.9 Å². The van der Waals surface area contributed by atoms with E-state index in [1.807, 2.05) is 0 Å². The van der Waals surface area contributed by atoms with Gasteiger partial charge in [-0.3, -0.25) is 9.36 Å². The van der Waals surface area contributed by atoms with Crippen molar-refractivity contribution < 1.29 is 14.3 Å². The van der Waals surface area contributed by atoms with E-state index in [0.29, 0.717) is 10.3 Å². The summed E-state index contributed by atoms with van der Waals surface area (Å²) in [6.07, 6.45) is 2.45. The second-order valence-electron chi connectivity index (χ2n) is 3.86. The van der Waals surface area contributed by atoms with Gasteiger partial charge in [0.25, 0.3) is 5.56 Å². The maximum absolute atomic E-state index is 12.9. The monoisotopic (exact) mass is 288 g/mol. The van der Waals surface area contributed by atoms with E-state index in [4.69, 9.17) is 5.11 Å². The quantitative estimate of drug-likeness (QED) is 0.860. The van der Waals surface area contributed by atoms with Crippen LogP contribution in [0, 0.1) is 0 Å². The van der Waals surface area contributed by atoms with Crippen LogP contribution in [0.25, 0.3) is 16.0 Å². The predicted molar refractivity (Wildman–Crippen MR) is 71.3 cm³/mol. The molecule has 0 saturated carbocycles. The zero-order chi connectivity index (χ0) is 14.3. The average molecular weight is 288 g/mol. The third-order valence-corrected chi connectivity index (χ3v) is 3.49. The molecule has 0 saturated heterocycles. The number of halogens is 1. The van der Waals surface area contributed by atoms with Crippen LogP contribution in [0.5, 0.6) is 0 Å². The van der Waals surface area contributed by atoms with Gasteiger partial charge < -0.3 is 5.11 Å². The standard InChI is InChI=1S/C13H5FN2O3S/c14-7-1-3-8(4-2-7)16-11(17)9(13(18)19)5-10-12(16)20-6-15-10/h1,3,5-6H,(H,18,19). The number of carboxylic acid groups (broad SMARTS) is 1. The van der Waals surface area contributed by atoms with Gasteiger partial charge in [-0.15, -0.1) is 11.3 Å². The van der Waals surface area contributed by atoms with Crippen LogP contribution in [0.4, 0.5) is 4.39 Å². The summed E-state index contributed by atoms with van der Waals surface area (Å²) in [6, 6.07) is 1.22. The van der Waals surface area contributed by atoms with Gasteiger partial charge in [0, 0.05) is 0 Å². The molecule has 20 heavy (non-hydrogen) atoms. The Labute approximate surface area is 114 Å². The maximum Gasteiger partial charge on any atom is 0.341 e. The van der Waals surface area contributed by atoms with Crippen LogP contribution in [0.3, 0.4) is 0 Å². The molecule has 0 fully saturated rings. The molecule has 0 bridgehead atoms. The molecule has 98 valence electrons. The fourth-order valence-corrected chi connectivity index (χ4v) is 2.57. The van der Waals surface area contributed by atoms with Crippen molar-refractivity contribution in [1.29, 1.82) is 0 Å². The molecule has 2 aromatic heterocycles. The molecule has 1 N–H and O–H groups in total. The number of carboxylic acids is 1. The van der Waals surface area contributed by atoms with Crippen molar-refractivity contribution in [1.82, 2.24) is 9.55 Å². The highest BCUT2D eigenvalue weighted by Gasteiger charge is 2.18. The SMILES string of the molecule is O=C(O)c1cc2ncsc2n(C2=C=C=C(F)C=C2)c1=O. The zero-order valence-corrected chi connectivity index (χ0v) is 10.6. The Hall–Kier alpha value is -2.72. The molecule has 2 aromatic rings. The number of aromatic carboxylic acids is 1. The number of rotatable bonds is 2. The van der Waals surface area contributed by atoms with Crippen LogP contribution >= 0.6 is 11.3 Å². The maximum atomic E-state index is 12.9. The summed E-state index contributed by atoms with van der Waals surface area (Å²) in [6.45, 7) is 0. The number of thiazole rings is 1.